The quantitative estimate of drug-likeness (QED) is 0.751. The largest absolute Gasteiger partial charge is 0.504 e. The summed E-state index contributed by atoms with van der Waals surface area (Å²) in [6, 6.07) is 16.3. The minimum Gasteiger partial charge on any atom is -0.504 e. The topological polar surface area (TPSA) is 38.0 Å². The first kappa shape index (κ1) is 15.3. The molecule has 3 aromatic rings. The first-order chi connectivity index (χ1) is 11.1. The number of benzene rings is 2. The smallest absolute Gasteiger partial charge is 0.165 e. The van der Waals surface area contributed by atoms with E-state index in [4.69, 9.17) is 5.10 Å². The van der Waals surface area contributed by atoms with Crippen LogP contribution in [0.15, 0.2) is 48.5 Å². The van der Waals surface area contributed by atoms with Crippen molar-refractivity contribution in [1.29, 1.82) is 0 Å². The fourth-order valence-electron chi connectivity index (χ4n) is 2.89. The number of rotatable bonds is 4. The van der Waals surface area contributed by atoms with E-state index in [1.54, 1.807) is 0 Å². The number of aromatic nitrogens is 2. The molecule has 0 saturated heterocycles. The lowest BCUT2D eigenvalue weighted by Gasteiger charge is -2.10. The summed E-state index contributed by atoms with van der Waals surface area (Å²) >= 11 is 0. The van der Waals surface area contributed by atoms with Gasteiger partial charge >= 0.3 is 0 Å². The molecule has 0 atom stereocenters. The Bertz CT molecular complexity index is 833. The summed E-state index contributed by atoms with van der Waals surface area (Å²) in [6.07, 6.45) is 1.72. The van der Waals surface area contributed by atoms with Gasteiger partial charge in [-0.05, 0) is 43.5 Å². The highest BCUT2D eigenvalue weighted by molar-refractivity contribution is 5.72. The molecule has 3 heteroatoms. The number of aryl methyl sites for hydroxylation is 3. The second-order valence-electron chi connectivity index (χ2n) is 5.96. The van der Waals surface area contributed by atoms with Crippen LogP contribution in [-0.2, 0) is 6.42 Å². The zero-order chi connectivity index (χ0) is 16.4. The van der Waals surface area contributed by atoms with Crippen molar-refractivity contribution in [2.45, 2.75) is 33.6 Å². The van der Waals surface area contributed by atoms with Gasteiger partial charge in [0.1, 0.15) is 11.4 Å². The molecule has 0 bridgehead atoms. The second-order valence-corrected chi connectivity index (χ2v) is 5.96. The molecule has 2 aromatic carbocycles. The molecular formula is C20H22N2O. The van der Waals surface area contributed by atoms with E-state index in [1.807, 2.05) is 35.0 Å². The zero-order valence-electron chi connectivity index (χ0n) is 13.9. The standard InChI is InChI=1S/C20H22N2O/c1-4-8-18-20(23)19(17-12-6-5-10-15(17)3)22(21-18)16-11-7-9-14(2)13-16/h5-7,9-13,23H,4,8H2,1-3H3. The summed E-state index contributed by atoms with van der Waals surface area (Å²) in [4.78, 5) is 0. The van der Waals surface area contributed by atoms with E-state index in [9.17, 15) is 5.11 Å². The summed E-state index contributed by atoms with van der Waals surface area (Å²) in [6.45, 7) is 6.22. The molecule has 0 aliphatic carbocycles. The van der Waals surface area contributed by atoms with Gasteiger partial charge in [0, 0.05) is 5.56 Å². The van der Waals surface area contributed by atoms with Gasteiger partial charge in [-0.25, -0.2) is 4.68 Å². The van der Waals surface area contributed by atoms with Gasteiger partial charge in [-0.2, -0.15) is 5.10 Å². The number of hydrogen-bond donors (Lipinski definition) is 1. The molecule has 1 aromatic heterocycles. The first-order valence-corrected chi connectivity index (χ1v) is 8.05. The van der Waals surface area contributed by atoms with E-state index in [2.05, 4.69) is 39.0 Å². The van der Waals surface area contributed by atoms with Crippen molar-refractivity contribution in [1.82, 2.24) is 9.78 Å². The molecule has 0 spiro atoms. The number of hydrogen-bond acceptors (Lipinski definition) is 2. The van der Waals surface area contributed by atoms with Gasteiger partial charge in [0.15, 0.2) is 5.75 Å². The minimum atomic E-state index is 0.294. The highest BCUT2D eigenvalue weighted by Gasteiger charge is 2.20. The molecule has 0 unspecified atom stereocenters. The molecule has 0 fully saturated rings. The molecule has 0 aliphatic heterocycles. The number of nitrogens with zero attached hydrogens (tertiary/aromatic N) is 2. The molecule has 3 rings (SSSR count). The molecule has 1 heterocycles. The molecular weight excluding hydrogens is 284 g/mol. The Labute approximate surface area is 137 Å². The highest BCUT2D eigenvalue weighted by atomic mass is 16.3. The maximum Gasteiger partial charge on any atom is 0.165 e. The van der Waals surface area contributed by atoms with Crippen LogP contribution < -0.4 is 0 Å². The van der Waals surface area contributed by atoms with E-state index in [0.717, 1.165) is 41.0 Å². The molecule has 0 radical (unpaired) electrons. The van der Waals surface area contributed by atoms with Crippen molar-refractivity contribution in [3.8, 4) is 22.7 Å². The molecule has 23 heavy (non-hydrogen) atoms. The van der Waals surface area contributed by atoms with E-state index in [0.29, 0.717) is 5.75 Å². The third kappa shape index (κ3) is 2.87. The van der Waals surface area contributed by atoms with E-state index >= 15 is 0 Å². The summed E-state index contributed by atoms with van der Waals surface area (Å²) < 4.78 is 1.87. The van der Waals surface area contributed by atoms with Crippen LogP contribution in [0.25, 0.3) is 16.9 Å². The normalized spacial score (nSPS) is 10.9. The van der Waals surface area contributed by atoms with Gasteiger partial charge in [0.05, 0.1) is 5.69 Å². The van der Waals surface area contributed by atoms with E-state index < -0.39 is 0 Å². The first-order valence-electron chi connectivity index (χ1n) is 8.05. The van der Waals surface area contributed by atoms with Crippen molar-refractivity contribution in [3.63, 3.8) is 0 Å². The van der Waals surface area contributed by atoms with Gasteiger partial charge in [0.25, 0.3) is 0 Å². The van der Waals surface area contributed by atoms with Gasteiger partial charge in [-0.15, -0.1) is 0 Å². The molecule has 0 amide bonds. The highest BCUT2D eigenvalue weighted by Crippen LogP contribution is 2.36. The maximum absolute atomic E-state index is 10.8. The van der Waals surface area contributed by atoms with Crippen LogP contribution in [0.1, 0.15) is 30.2 Å². The van der Waals surface area contributed by atoms with Crippen LogP contribution in [0.2, 0.25) is 0 Å². The maximum atomic E-state index is 10.8. The summed E-state index contributed by atoms with van der Waals surface area (Å²) in [7, 11) is 0. The van der Waals surface area contributed by atoms with Crippen molar-refractivity contribution >= 4 is 0 Å². The lowest BCUT2D eigenvalue weighted by Crippen LogP contribution is -2.01. The lowest BCUT2D eigenvalue weighted by atomic mass is 10.0. The van der Waals surface area contributed by atoms with Gasteiger partial charge in [-0.1, -0.05) is 49.7 Å². The fraction of sp³-hybridized carbons (Fsp3) is 0.250. The Morgan fingerprint density at radius 2 is 1.83 bits per heavy atom. The lowest BCUT2D eigenvalue weighted by molar-refractivity contribution is 0.469. The summed E-state index contributed by atoms with van der Waals surface area (Å²) in [5.41, 5.74) is 5.82. The molecule has 3 nitrogen and oxygen atoms in total. The Hall–Kier alpha value is -2.55. The van der Waals surface area contributed by atoms with Crippen molar-refractivity contribution in [2.75, 3.05) is 0 Å². The zero-order valence-corrected chi connectivity index (χ0v) is 13.9. The number of aromatic hydroxyl groups is 1. The third-order valence-electron chi connectivity index (χ3n) is 4.06. The fourth-order valence-corrected chi connectivity index (χ4v) is 2.89. The predicted octanol–water partition coefficient (Wildman–Crippen LogP) is 4.81. The predicted molar refractivity (Wildman–Crippen MR) is 94.1 cm³/mol. The van der Waals surface area contributed by atoms with Crippen molar-refractivity contribution in [2.24, 2.45) is 0 Å². The van der Waals surface area contributed by atoms with Crippen LogP contribution in [-0.4, -0.2) is 14.9 Å². The van der Waals surface area contributed by atoms with Gasteiger partial charge in [0.2, 0.25) is 0 Å². The van der Waals surface area contributed by atoms with Crippen LogP contribution >= 0.6 is 0 Å². The van der Waals surface area contributed by atoms with Crippen LogP contribution in [0.4, 0.5) is 0 Å². The Morgan fingerprint density at radius 1 is 1.04 bits per heavy atom. The molecule has 0 saturated carbocycles. The average molecular weight is 306 g/mol. The SMILES string of the molecule is CCCc1nn(-c2cccc(C)c2)c(-c2ccccc2C)c1O. The molecule has 118 valence electrons. The van der Waals surface area contributed by atoms with Gasteiger partial charge in [-0.3, -0.25) is 0 Å². The van der Waals surface area contributed by atoms with Crippen molar-refractivity contribution in [3.05, 3.63) is 65.4 Å². The summed E-state index contributed by atoms with van der Waals surface area (Å²) in [5.74, 6) is 0.294. The molecule has 1 N–H and O–H groups in total. The third-order valence-corrected chi connectivity index (χ3v) is 4.06. The average Bonchev–Trinajstić information content (AvgIpc) is 2.85. The summed E-state index contributed by atoms with van der Waals surface area (Å²) in [5, 5.41) is 15.5. The minimum absolute atomic E-state index is 0.294. The van der Waals surface area contributed by atoms with E-state index in [1.165, 1.54) is 5.56 Å². The van der Waals surface area contributed by atoms with Crippen molar-refractivity contribution < 1.29 is 5.11 Å². The Balaban J connectivity index is 2.27. The second kappa shape index (κ2) is 6.29. The Kier molecular flexibility index (Phi) is 4.20. The van der Waals surface area contributed by atoms with Crippen LogP contribution in [0.5, 0.6) is 5.75 Å². The van der Waals surface area contributed by atoms with Crippen LogP contribution in [0.3, 0.4) is 0 Å². The van der Waals surface area contributed by atoms with Gasteiger partial charge < -0.3 is 5.11 Å². The molecule has 0 aliphatic rings. The monoisotopic (exact) mass is 306 g/mol. The van der Waals surface area contributed by atoms with E-state index in [-0.39, 0.29) is 0 Å². The Morgan fingerprint density at radius 3 is 2.52 bits per heavy atom. The van der Waals surface area contributed by atoms with Crippen LogP contribution in [0, 0.1) is 13.8 Å².